The number of hydrazine groups is 1. The van der Waals surface area contributed by atoms with E-state index in [1.807, 2.05) is 4.83 Å². The molecule has 0 bridgehead atoms. The van der Waals surface area contributed by atoms with Gasteiger partial charge in [-0.2, -0.15) is 0 Å². The van der Waals surface area contributed by atoms with Gasteiger partial charge in [0.05, 0.1) is 0 Å². The Hall–Kier alpha value is -2.55. The lowest BCUT2D eigenvalue weighted by Crippen LogP contribution is -2.50. The average Bonchev–Trinajstić information content (AvgIpc) is 2.65. The van der Waals surface area contributed by atoms with Crippen molar-refractivity contribution in [2.45, 2.75) is 6.10 Å². The van der Waals surface area contributed by atoms with Gasteiger partial charge in [-0.1, -0.05) is 35.9 Å². The van der Waals surface area contributed by atoms with E-state index in [-0.39, 0.29) is 6.61 Å². The molecular formula is C17H15ClN2O5S. The number of ether oxygens (including phenoxy) is 2. The highest BCUT2D eigenvalue weighted by Crippen LogP contribution is 2.30. The summed E-state index contributed by atoms with van der Waals surface area (Å²) in [4.78, 5) is 14.1. The number of carbonyl (C=O) groups excluding carboxylic acids is 1. The zero-order chi connectivity index (χ0) is 18.6. The summed E-state index contributed by atoms with van der Waals surface area (Å²) < 4.78 is 34.8. The van der Waals surface area contributed by atoms with Gasteiger partial charge < -0.3 is 9.47 Å². The maximum absolute atomic E-state index is 12.1. The van der Waals surface area contributed by atoms with Crippen LogP contribution in [-0.2, 0) is 14.8 Å². The molecule has 0 aliphatic carbocycles. The van der Waals surface area contributed by atoms with E-state index in [4.69, 9.17) is 21.1 Å². The summed E-state index contributed by atoms with van der Waals surface area (Å²) >= 11 is 5.77. The van der Waals surface area contributed by atoms with Gasteiger partial charge in [-0.05, 0) is 35.9 Å². The number of rotatable bonds is 5. The summed E-state index contributed by atoms with van der Waals surface area (Å²) in [5.41, 5.74) is 2.76. The van der Waals surface area contributed by atoms with Crippen LogP contribution in [0.4, 0.5) is 0 Å². The molecule has 7 nitrogen and oxygen atoms in total. The average molecular weight is 395 g/mol. The first-order valence-electron chi connectivity index (χ1n) is 7.57. The maximum atomic E-state index is 12.1. The van der Waals surface area contributed by atoms with E-state index in [1.54, 1.807) is 48.5 Å². The predicted molar refractivity (Wildman–Crippen MR) is 97.0 cm³/mol. The Morgan fingerprint density at radius 1 is 1.12 bits per heavy atom. The normalized spacial score (nSPS) is 16.4. The highest BCUT2D eigenvalue weighted by Gasteiger charge is 2.27. The van der Waals surface area contributed by atoms with E-state index < -0.39 is 22.0 Å². The molecule has 9 heteroatoms. The first-order valence-corrected chi connectivity index (χ1v) is 9.49. The molecule has 0 spiro atoms. The Morgan fingerprint density at radius 3 is 2.54 bits per heavy atom. The molecule has 1 aliphatic heterocycles. The summed E-state index contributed by atoms with van der Waals surface area (Å²) in [6, 6.07) is 13.5. The number of hydrogen-bond acceptors (Lipinski definition) is 5. The van der Waals surface area contributed by atoms with Crippen LogP contribution in [-0.4, -0.2) is 27.0 Å². The van der Waals surface area contributed by atoms with Crippen LogP contribution < -0.4 is 19.7 Å². The van der Waals surface area contributed by atoms with Crippen molar-refractivity contribution in [3.05, 3.63) is 64.5 Å². The van der Waals surface area contributed by atoms with Gasteiger partial charge in [-0.3, -0.25) is 10.2 Å². The SMILES string of the molecule is O=C(NNS(=O)(=O)/C=C/c1ccc(Cl)cc1)C1COc2ccccc2O1. The molecule has 136 valence electrons. The minimum Gasteiger partial charge on any atom is -0.485 e. The zero-order valence-corrected chi connectivity index (χ0v) is 15.0. The van der Waals surface area contributed by atoms with Crippen molar-refractivity contribution in [2.24, 2.45) is 0 Å². The molecule has 0 fully saturated rings. The van der Waals surface area contributed by atoms with Crippen LogP contribution in [0.25, 0.3) is 6.08 Å². The molecule has 1 heterocycles. The Kier molecular flexibility index (Phi) is 5.46. The molecule has 0 radical (unpaired) electrons. The van der Waals surface area contributed by atoms with E-state index in [0.717, 1.165) is 5.41 Å². The maximum Gasteiger partial charge on any atom is 0.279 e. The number of carbonyl (C=O) groups is 1. The molecule has 1 atom stereocenters. The number of sulfonamides is 1. The number of hydrogen-bond donors (Lipinski definition) is 2. The lowest BCUT2D eigenvalue weighted by atomic mass is 10.2. The summed E-state index contributed by atoms with van der Waals surface area (Å²) in [5, 5.41) is 1.48. The number of benzene rings is 2. The van der Waals surface area contributed by atoms with Gasteiger partial charge in [0, 0.05) is 10.4 Å². The fraction of sp³-hybridized carbons (Fsp3) is 0.118. The van der Waals surface area contributed by atoms with Crippen LogP contribution in [0.5, 0.6) is 11.5 Å². The van der Waals surface area contributed by atoms with Gasteiger partial charge in [0.15, 0.2) is 11.5 Å². The van der Waals surface area contributed by atoms with Gasteiger partial charge in [0.25, 0.3) is 15.9 Å². The van der Waals surface area contributed by atoms with Crippen molar-refractivity contribution in [1.82, 2.24) is 10.3 Å². The largest absolute Gasteiger partial charge is 0.485 e. The van der Waals surface area contributed by atoms with Crippen LogP contribution in [0.1, 0.15) is 5.56 Å². The Labute approximate surface area is 155 Å². The minimum absolute atomic E-state index is 0.0226. The second kappa shape index (κ2) is 7.77. The molecule has 0 saturated heterocycles. The number of para-hydroxylation sites is 2. The second-order valence-corrected chi connectivity index (χ2v) is 7.36. The second-order valence-electron chi connectivity index (χ2n) is 5.35. The molecule has 26 heavy (non-hydrogen) atoms. The van der Waals surface area contributed by atoms with Crippen LogP contribution in [0.2, 0.25) is 5.02 Å². The van der Waals surface area contributed by atoms with Gasteiger partial charge in [0.1, 0.15) is 6.61 Å². The van der Waals surface area contributed by atoms with E-state index in [2.05, 4.69) is 5.43 Å². The quantitative estimate of drug-likeness (QED) is 0.757. The molecule has 3 rings (SSSR count). The molecule has 1 amide bonds. The van der Waals surface area contributed by atoms with Gasteiger partial charge >= 0.3 is 0 Å². The van der Waals surface area contributed by atoms with Crippen molar-refractivity contribution in [3.8, 4) is 11.5 Å². The molecule has 2 aromatic carbocycles. The van der Waals surface area contributed by atoms with Crippen molar-refractivity contribution in [2.75, 3.05) is 6.61 Å². The third kappa shape index (κ3) is 4.75. The van der Waals surface area contributed by atoms with Crippen molar-refractivity contribution in [3.63, 3.8) is 0 Å². The monoisotopic (exact) mass is 394 g/mol. The molecule has 2 N–H and O–H groups in total. The van der Waals surface area contributed by atoms with Crippen molar-refractivity contribution >= 4 is 33.6 Å². The van der Waals surface area contributed by atoms with Gasteiger partial charge in [0.2, 0.25) is 6.10 Å². The number of fused-ring (bicyclic) bond motifs is 1. The Balaban J connectivity index is 1.56. The van der Waals surface area contributed by atoms with Gasteiger partial charge in [-0.25, -0.2) is 8.42 Å². The van der Waals surface area contributed by atoms with Crippen LogP contribution >= 0.6 is 11.6 Å². The molecule has 1 unspecified atom stereocenters. The summed E-state index contributed by atoms with van der Waals surface area (Å²) in [5.74, 6) is 0.287. The molecular weight excluding hydrogens is 380 g/mol. The molecule has 2 aromatic rings. The highest BCUT2D eigenvalue weighted by atomic mass is 35.5. The summed E-state index contributed by atoms with van der Waals surface area (Å²) in [6.45, 7) is -0.0226. The summed E-state index contributed by atoms with van der Waals surface area (Å²) in [7, 11) is -3.88. The van der Waals surface area contributed by atoms with E-state index in [1.165, 1.54) is 6.08 Å². The number of amides is 1. The van der Waals surface area contributed by atoms with Crippen molar-refractivity contribution < 1.29 is 22.7 Å². The van der Waals surface area contributed by atoms with Crippen LogP contribution in [0.15, 0.2) is 53.9 Å². The fourth-order valence-electron chi connectivity index (χ4n) is 2.13. The molecule has 0 aromatic heterocycles. The minimum atomic E-state index is -3.88. The van der Waals surface area contributed by atoms with Crippen LogP contribution in [0.3, 0.4) is 0 Å². The van der Waals surface area contributed by atoms with Gasteiger partial charge in [-0.15, -0.1) is 4.83 Å². The van der Waals surface area contributed by atoms with E-state index >= 15 is 0 Å². The standard InChI is InChI=1S/C17H15ClN2O5S/c18-13-7-5-12(6-8-13)9-10-26(22,23)20-19-17(21)16-11-24-14-3-1-2-4-15(14)25-16/h1-10,16,20H,11H2,(H,19,21)/b10-9+. The Bertz CT molecular complexity index is 928. The van der Waals surface area contributed by atoms with E-state index in [0.29, 0.717) is 22.1 Å². The third-order valence-electron chi connectivity index (χ3n) is 3.43. The van der Waals surface area contributed by atoms with Crippen molar-refractivity contribution in [1.29, 1.82) is 0 Å². The number of halogens is 1. The first kappa shape index (κ1) is 18.2. The summed E-state index contributed by atoms with van der Waals surface area (Å²) in [6.07, 6.45) is 0.411. The lowest BCUT2D eigenvalue weighted by molar-refractivity contribution is -0.130. The third-order valence-corrected chi connectivity index (χ3v) is 4.56. The highest BCUT2D eigenvalue weighted by molar-refractivity contribution is 7.92. The zero-order valence-electron chi connectivity index (χ0n) is 13.4. The first-order chi connectivity index (χ1) is 12.4. The smallest absolute Gasteiger partial charge is 0.279 e. The molecule has 0 saturated carbocycles. The van der Waals surface area contributed by atoms with Crippen LogP contribution in [0, 0.1) is 0 Å². The Morgan fingerprint density at radius 2 is 1.81 bits per heavy atom. The molecule has 1 aliphatic rings. The topological polar surface area (TPSA) is 93.7 Å². The number of nitrogens with one attached hydrogen (secondary N) is 2. The lowest BCUT2D eigenvalue weighted by Gasteiger charge is -2.25. The van der Waals surface area contributed by atoms with E-state index in [9.17, 15) is 13.2 Å². The fourth-order valence-corrected chi connectivity index (χ4v) is 2.90. The predicted octanol–water partition coefficient (Wildman–Crippen LogP) is 2.10.